The molecule has 35 heavy (non-hydrogen) atoms. The molecule has 2 atom stereocenters. The van der Waals surface area contributed by atoms with Crippen LogP contribution in [-0.2, 0) is 19.7 Å². The lowest BCUT2D eigenvalue weighted by Crippen LogP contribution is -2.34. The zero-order valence-electron chi connectivity index (χ0n) is 20.7. The minimum Gasteiger partial charge on any atom is -0.507 e. The van der Waals surface area contributed by atoms with Gasteiger partial charge >= 0.3 is 5.97 Å². The number of phenolic OH excluding ortho intramolecular Hbond substituents is 1. The fourth-order valence-corrected chi connectivity index (χ4v) is 4.64. The number of ether oxygens (including phenoxy) is 2. The SMILES string of the molecule is CCOC(=O)COc1cc(O)c(C(=O)CN2C=C3C=CC(C(=N)SC)C(=O)C3C2)cc1C(C)(C)C. The summed E-state index contributed by atoms with van der Waals surface area (Å²) < 4.78 is 10.5. The second-order valence-corrected chi connectivity index (χ2v) is 10.4. The highest BCUT2D eigenvalue weighted by molar-refractivity contribution is 8.13. The molecule has 0 saturated carbocycles. The molecule has 2 N–H and O–H groups in total. The predicted octanol–water partition coefficient (Wildman–Crippen LogP) is 3.73. The third kappa shape index (κ3) is 5.96. The Kier molecular flexibility index (Phi) is 8.10. The van der Waals surface area contributed by atoms with Gasteiger partial charge in [0.1, 0.15) is 11.5 Å². The molecule has 1 aromatic rings. The number of esters is 1. The van der Waals surface area contributed by atoms with Crippen molar-refractivity contribution < 1.29 is 29.0 Å². The van der Waals surface area contributed by atoms with Crippen LogP contribution in [0.4, 0.5) is 0 Å². The number of thioether (sulfide) groups is 1. The van der Waals surface area contributed by atoms with Crippen LogP contribution in [0.1, 0.15) is 43.6 Å². The molecule has 1 heterocycles. The van der Waals surface area contributed by atoms with E-state index in [-0.39, 0.29) is 48.6 Å². The van der Waals surface area contributed by atoms with Crippen molar-refractivity contribution in [2.24, 2.45) is 11.8 Å². The molecular formula is C26H32N2O6S. The first-order chi connectivity index (χ1) is 16.5. The number of allylic oxidation sites excluding steroid dienone is 2. The maximum atomic E-state index is 13.2. The van der Waals surface area contributed by atoms with Crippen LogP contribution < -0.4 is 4.74 Å². The standard InChI is InChI=1S/C26H32N2O6S/c1-6-33-23(31)14-34-22-10-20(29)17(9-19(22)26(2,3)4)21(30)13-28-11-15-7-8-16(25(27)35-5)24(32)18(15)12-28/h7-11,16,18,27,29H,6,12-14H2,1-5H3. The summed E-state index contributed by atoms with van der Waals surface area (Å²) >= 11 is 1.25. The van der Waals surface area contributed by atoms with Crippen LogP contribution in [0.25, 0.3) is 0 Å². The lowest BCUT2D eigenvalue weighted by atomic mass is 9.84. The number of carbonyl (C=O) groups is 3. The molecule has 1 aliphatic carbocycles. The quantitative estimate of drug-likeness (QED) is 0.240. The van der Waals surface area contributed by atoms with Gasteiger partial charge in [-0.3, -0.25) is 15.0 Å². The van der Waals surface area contributed by atoms with Gasteiger partial charge in [0.15, 0.2) is 18.2 Å². The smallest absolute Gasteiger partial charge is 0.344 e. The number of rotatable bonds is 8. The Balaban J connectivity index is 1.77. The fourth-order valence-electron chi connectivity index (χ4n) is 4.19. The van der Waals surface area contributed by atoms with Crippen molar-refractivity contribution in [3.63, 3.8) is 0 Å². The number of aromatic hydroxyl groups is 1. The normalized spacial score (nSPS) is 19.3. The number of nitrogens with zero attached hydrogens (tertiary/aromatic N) is 1. The first kappa shape index (κ1) is 26.5. The van der Waals surface area contributed by atoms with Gasteiger partial charge in [0.05, 0.1) is 35.6 Å². The molecule has 0 aromatic heterocycles. The summed E-state index contributed by atoms with van der Waals surface area (Å²) in [5.41, 5.74) is 1.23. The summed E-state index contributed by atoms with van der Waals surface area (Å²) in [5, 5.41) is 18.9. The Morgan fingerprint density at radius 2 is 2.00 bits per heavy atom. The Morgan fingerprint density at radius 3 is 2.63 bits per heavy atom. The molecule has 0 saturated heterocycles. The lowest BCUT2D eigenvalue weighted by Gasteiger charge is -2.25. The first-order valence-corrected chi connectivity index (χ1v) is 12.7. The van der Waals surface area contributed by atoms with Gasteiger partial charge in [0, 0.05) is 24.4 Å². The Bertz CT molecular complexity index is 1100. The molecule has 1 aliphatic heterocycles. The molecule has 1 aromatic carbocycles. The second-order valence-electron chi connectivity index (χ2n) is 9.55. The Morgan fingerprint density at radius 1 is 1.29 bits per heavy atom. The second kappa shape index (κ2) is 10.7. The highest BCUT2D eigenvalue weighted by Crippen LogP contribution is 2.37. The number of phenols is 1. The van der Waals surface area contributed by atoms with Crippen LogP contribution in [0, 0.1) is 17.2 Å². The molecule has 2 unspecified atom stereocenters. The van der Waals surface area contributed by atoms with E-state index in [1.54, 1.807) is 36.4 Å². The number of carbonyl (C=O) groups excluding carboxylic acids is 3. The van der Waals surface area contributed by atoms with E-state index in [0.29, 0.717) is 22.9 Å². The molecule has 0 fully saturated rings. The van der Waals surface area contributed by atoms with Crippen LogP contribution >= 0.6 is 11.8 Å². The van der Waals surface area contributed by atoms with Gasteiger partial charge in [0.25, 0.3) is 0 Å². The maximum Gasteiger partial charge on any atom is 0.344 e. The van der Waals surface area contributed by atoms with Gasteiger partial charge in [-0.1, -0.05) is 32.9 Å². The average Bonchev–Trinajstić information content (AvgIpc) is 3.20. The van der Waals surface area contributed by atoms with Gasteiger partial charge in [-0.15, -0.1) is 11.8 Å². The monoisotopic (exact) mass is 500 g/mol. The predicted molar refractivity (Wildman–Crippen MR) is 135 cm³/mol. The lowest BCUT2D eigenvalue weighted by molar-refractivity contribution is -0.145. The molecule has 9 heteroatoms. The van der Waals surface area contributed by atoms with Crippen molar-refractivity contribution in [3.8, 4) is 11.5 Å². The van der Waals surface area contributed by atoms with Crippen molar-refractivity contribution in [2.75, 3.05) is 32.6 Å². The zero-order valence-corrected chi connectivity index (χ0v) is 21.5. The largest absolute Gasteiger partial charge is 0.507 e. The molecule has 8 nitrogen and oxygen atoms in total. The highest BCUT2D eigenvalue weighted by Gasteiger charge is 2.38. The summed E-state index contributed by atoms with van der Waals surface area (Å²) in [5.74, 6) is -1.69. The molecule has 2 aliphatic rings. The molecule has 0 radical (unpaired) electrons. The van der Waals surface area contributed by atoms with E-state index in [2.05, 4.69) is 0 Å². The van der Waals surface area contributed by atoms with E-state index in [0.717, 1.165) is 5.57 Å². The zero-order chi connectivity index (χ0) is 25.9. The average molecular weight is 501 g/mol. The summed E-state index contributed by atoms with van der Waals surface area (Å²) in [4.78, 5) is 39.5. The van der Waals surface area contributed by atoms with Crippen molar-refractivity contribution in [3.05, 3.63) is 47.2 Å². The molecule has 3 rings (SSSR count). The van der Waals surface area contributed by atoms with Crippen LogP contribution in [-0.4, -0.2) is 65.1 Å². The van der Waals surface area contributed by atoms with Crippen LogP contribution in [0.15, 0.2) is 36.1 Å². The maximum absolute atomic E-state index is 13.2. The van der Waals surface area contributed by atoms with E-state index >= 15 is 0 Å². The minimum atomic E-state index is -0.539. The van der Waals surface area contributed by atoms with E-state index in [4.69, 9.17) is 14.9 Å². The van der Waals surface area contributed by atoms with Crippen LogP contribution in [0.3, 0.4) is 0 Å². The first-order valence-electron chi connectivity index (χ1n) is 11.5. The highest BCUT2D eigenvalue weighted by atomic mass is 32.2. The van der Waals surface area contributed by atoms with Gasteiger partial charge in [-0.25, -0.2) is 4.79 Å². The van der Waals surface area contributed by atoms with E-state index in [1.807, 2.05) is 26.8 Å². The summed E-state index contributed by atoms with van der Waals surface area (Å²) in [6.07, 6.45) is 7.18. The number of fused-ring (bicyclic) bond motifs is 1. The Labute approximate surface area is 209 Å². The molecule has 188 valence electrons. The number of Topliss-reactive ketones (excluding diaryl/α,β-unsaturated/α-hetero) is 2. The number of hydrogen-bond acceptors (Lipinski definition) is 9. The fraction of sp³-hybridized carbons (Fsp3) is 0.462. The summed E-state index contributed by atoms with van der Waals surface area (Å²) in [7, 11) is 0. The number of benzene rings is 1. The van der Waals surface area contributed by atoms with Crippen molar-refractivity contribution in [1.29, 1.82) is 5.41 Å². The third-order valence-corrected chi connectivity index (χ3v) is 6.68. The van der Waals surface area contributed by atoms with Crippen LogP contribution in [0.2, 0.25) is 0 Å². The number of ketones is 2. The molecule has 0 amide bonds. The molecule has 0 spiro atoms. The van der Waals surface area contributed by atoms with Crippen molar-refractivity contribution in [2.45, 2.75) is 33.1 Å². The van der Waals surface area contributed by atoms with E-state index < -0.39 is 17.3 Å². The molecular weight excluding hydrogens is 468 g/mol. The number of nitrogens with one attached hydrogen (secondary N) is 1. The number of hydrogen-bond donors (Lipinski definition) is 2. The van der Waals surface area contributed by atoms with Crippen molar-refractivity contribution >= 4 is 34.3 Å². The third-order valence-electron chi connectivity index (χ3n) is 5.99. The Hall–Kier alpha value is -3.07. The van der Waals surface area contributed by atoms with Gasteiger partial charge in [0.2, 0.25) is 0 Å². The summed E-state index contributed by atoms with van der Waals surface area (Å²) in [6.45, 7) is 7.83. The van der Waals surface area contributed by atoms with E-state index in [1.165, 1.54) is 17.8 Å². The molecule has 0 bridgehead atoms. The topological polar surface area (TPSA) is 117 Å². The van der Waals surface area contributed by atoms with Gasteiger partial charge < -0.3 is 19.5 Å². The van der Waals surface area contributed by atoms with E-state index in [9.17, 15) is 19.5 Å². The minimum absolute atomic E-state index is 0.00800. The van der Waals surface area contributed by atoms with Crippen molar-refractivity contribution in [1.82, 2.24) is 4.90 Å². The van der Waals surface area contributed by atoms with Gasteiger partial charge in [-0.05, 0) is 30.2 Å². The van der Waals surface area contributed by atoms with Crippen LogP contribution in [0.5, 0.6) is 11.5 Å². The van der Waals surface area contributed by atoms with Gasteiger partial charge in [-0.2, -0.15) is 0 Å². The summed E-state index contributed by atoms with van der Waals surface area (Å²) in [6, 6.07) is 2.97.